The zero-order valence-electron chi connectivity index (χ0n) is 16.7. The number of nitrogens with one attached hydrogen (secondary N) is 1. The topological polar surface area (TPSA) is 54.7 Å². The van der Waals surface area contributed by atoms with E-state index in [9.17, 15) is 0 Å². The Morgan fingerprint density at radius 2 is 2.11 bits per heavy atom. The minimum absolute atomic E-state index is 0.542. The molecule has 1 N–H and O–H groups in total. The van der Waals surface area contributed by atoms with Gasteiger partial charge in [-0.25, -0.2) is 0 Å². The number of likely N-dealkylation sites (tertiary alicyclic amines) is 1. The number of aromatic nitrogens is 2. The number of ether oxygens (including phenoxy) is 1. The van der Waals surface area contributed by atoms with Crippen molar-refractivity contribution in [3.8, 4) is 5.75 Å². The molecule has 1 atom stereocenters. The lowest BCUT2D eigenvalue weighted by molar-refractivity contribution is 0.306. The van der Waals surface area contributed by atoms with E-state index in [-0.39, 0.29) is 0 Å². The monoisotopic (exact) mass is 369 g/mol. The quantitative estimate of drug-likeness (QED) is 0.463. The molecular weight excluding hydrogens is 338 g/mol. The van der Waals surface area contributed by atoms with E-state index in [0.717, 1.165) is 57.2 Å². The molecule has 1 aliphatic rings. The molecule has 0 amide bonds. The maximum Gasteiger partial charge on any atom is 0.193 e. The van der Waals surface area contributed by atoms with Crippen LogP contribution in [0.3, 0.4) is 0 Å². The lowest BCUT2D eigenvalue weighted by Crippen LogP contribution is -2.40. The van der Waals surface area contributed by atoms with Crippen LogP contribution in [-0.4, -0.2) is 53.9 Å². The van der Waals surface area contributed by atoms with E-state index in [2.05, 4.69) is 45.6 Å². The number of benzene rings is 1. The summed E-state index contributed by atoms with van der Waals surface area (Å²) in [4.78, 5) is 6.80. The highest BCUT2D eigenvalue weighted by Gasteiger charge is 2.26. The molecule has 1 aromatic heterocycles. The van der Waals surface area contributed by atoms with Crippen LogP contribution in [0.25, 0.3) is 0 Å². The zero-order chi connectivity index (χ0) is 19.1. The third-order valence-electron chi connectivity index (χ3n) is 5.04. The van der Waals surface area contributed by atoms with Crippen molar-refractivity contribution in [2.45, 2.75) is 32.1 Å². The third-order valence-corrected chi connectivity index (χ3v) is 5.04. The van der Waals surface area contributed by atoms with Crippen LogP contribution >= 0.6 is 0 Å². The lowest BCUT2D eigenvalue weighted by atomic mass is 10.0. The molecule has 0 saturated carbocycles. The molecule has 0 spiro atoms. The molecule has 2 heterocycles. The van der Waals surface area contributed by atoms with Crippen LogP contribution in [0.2, 0.25) is 0 Å². The molecule has 1 aromatic carbocycles. The van der Waals surface area contributed by atoms with Gasteiger partial charge in [0.1, 0.15) is 5.75 Å². The first-order valence-corrected chi connectivity index (χ1v) is 9.79. The summed E-state index contributed by atoms with van der Waals surface area (Å²) in [7, 11) is 3.83. The van der Waals surface area contributed by atoms with Crippen molar-refractivity contribution in [1.29, 1.82) is 0 Å². The fourth-order valence-corrected chi connectivity index (χ4v) is 3.46. The van der Waals surface area contributed by atoms with Crippen molar-refractivity contribution >= 4 is 5.96 Å². The largest absolute Gasteiger partial charge is 0.494 e. The minimum Gasteiger partial charge on any atom is -0.494 e. The first kappa shape index (κ1) is 19.3. The summed E-state index contributed by atoms with van der Waals surface area (Å²) in [6, 6.07) is 8.22. The van der Waals surface area contributed by atoms with Gasteiger partial charge in [-0.2, -0.15) is 5.10 Å². The van der Waals surface area contributed by atoms with Crippen molar-refractivity contribution in [3.05, 3.63) is 47.8 Å². The molecule has 6 nitrogen and oxygen atoms in total. The number of aryl methyl sites for hydroxylation is 2. The van der Waals surface area contributed by atoms with Gasteiger partial charge in [0.25, 0.3) is 0 Å². The molecule has 27 heavy (non-hydrogen) atoms. The first-order chi connectivity index (χ1) is 13.2. The Labute approximate surface area is 162 Å². The second-order valence-electron chi connectivity index (χ2n) is 7.22. The molecule has 1 fully saturated rings. The Balaban J connectivity index is 1.34. The summed E-state index contributed by atoms with van der Waals surface area (Å²) in [6.45, 7) is 5.79. The van der Waals surface area contributed by atoms with Crippen LogP contribution in [0, 0.1) is 6.92 Å². The second-order valence-corrected chi connectivity index (χ2v) is 7.22. The highest BCUT2D eigenvalue weighted by Crippen LogP contribution is 2.26. The van der Waals surface area contributed by atoms with Crippen LogP contribution in [0.5, 0.6) is 5.75 Å². The van der Waals surface area contributed by atoms with Crippen LogP contribution in [0.1, 0.15) is 36.3 Å². The van der Waals surface area contributed by atoms with Crippen LogP contribution in [0.4, 0.5) is 0 Å². The van der Waals surface area contributed by atoms with E-state index in [0.29, 0.717) is 5.92 Å². The standard InChI is InChI=1S/C21H31N5O/c1-17-6-8-20(9-7-17)27-13-5-4-11-23-21(22-2)26-12-10-18(16-26)19-14-24-25(3)15-19/h6-9,14-15,18H,4-5,10-13,16H2,1-3H3,(H,22,23). The number of rotatable bonds is 7. The average molecular weight is 370 g/mol. The van der Waals surface area contributed by atoms with Gasteiger partial charge in [0.15, 0.2) is 5.96 Å². The van der Waals surface area contributed by atoms with Gasteiger partial charge in [0.05, 0.1) is 12.8 Å². The Bertz CT molecular complexity index is 737. The molecule has 0 bridgehead atoms. The van der Waals surface area contributed by atoms with E-state index in [4.69, 9.17) is 4.74 Å². The van der Waals surface area contributed by atoms with E-state index < -0.39 is 0 Å². The van der Waals surface area contributed by atoms with Crippen molar-refractivity contribution in [3.63, 3.8) is 0 Å². The third kappa shape index (κ3) is 5.49. The van der Waals surface area contributed by atoms with Gasteiger partial charge in [0, 0.05) is 45.8 Å². The smallest absolute Gasteiger partial charge is 0.193 e. The maximum absolute atomic E-state index is 5.78. The van der Waals surface area contributed by atoms with Crippen molar-refractivity contribution in [2.24, 2.45) is 12.0 Å². The number of nitrogens with zero attached hydrogens (tertiary/aromatic N) is 4. The van der Waals surface area contributed by atoms with E-state index in [1.807, 2.05) is 37.1 Å². The molecular formula is C21H31N5O. The number of aliphatic imine (C=N–C) groups is 1. The summed E-state index contributed by atoms with van der Waals surface area (Å²) in [5.74, 6) is 2.49. The fourth-order valence-electron chi connectivity index (χ4n) is 3.46. The van der Waals surface area contributed by atoms with Gasteiger partial charge < -0.3 is 15.0 Å². The molecule has 1 aliphatic heterocycles. The fraction of sp³-hybridized carbons (Fsp3) is 0.524. The summed E-state index contributed by atoms with van der Waals surface area (Å²) in [5, 5.41) is 7.79. The predicted octanol–water partition coefficient (Wildman–Crippen LogP) is 2.95. The maximum atomic E-state index is 5.78. The van der Waals surface area contributed by atoms with E-state index in [1.165, 1.54) is 11.1 Å². The van der Waals surface area contributed by atoms with Gasteiger partial charge in [-0.3, -0.25) is 9.67 Å². The lowest BCUT2D eigenvalue weighted by Gasteiger charge is -2.21. The van der Waals surface area contributed by atoms with Crippen molar-refractivity contribution in [2.75, 3.05) is 33.3 Å². The Hall–Kier alpha value is -2.50. The van der Waals surface area contributed by atoms with Gasteiger partial charge >= 0.3 is 0 Å². The van der Waals surface area contributed by atoms with Crippen molar-refractivity contribution < 1.29 is 4.74 Å². The van der Waals surface area contributed by atoms with Crippen LogP contribution in [-0.2, 0) is 7.05 Å². The SMILES string of the molecule is CN=C(NCCCCOc1ccc(C)cc1)N1CCC(c2cnn(C)c2)C1. The number of hydrogen-bond acceptors (Lipinski definition) is 3. The molecule has 0 aliphatic carbocycles. The summed E-state index contributed by atoms with van der Waals surface area (Å²) in [6.07, 6.45) is 7.34. The van der Waals surface area contributed by atoms with Gasteiger partial charge in [-0.15, -0.1) is 0 Å². The number of unbranched alkanes of at least 4 members (excludes halogenated alkanes) is 1. The summed E-state index contributed by atoms with van der Waals surface area (Å²) < 4.78 is 7.66. The van der Waals surface area contributed by atoms with E-state index in [1.54, 1.807) is 0 Å². The Morgan fingerprint density at radius 3 is 2.81 bits per heavy atom. The van der Waals surface area contributed by atoms with Crippen LogP contribution in [0.15, 0.2) is 41.7 Å². The molecule has 3 rings (SSSR count). The Morgan fingerprint density at radius 1 is 1.30 bits per heavy atom. The second kappa shape index (κ2) is 9.44. The number of guanidine groups is 1. The first-order valence-electron chi connectivity index (χ1n) is 9.79. The molecule has 6 heteroatoms. The normalized spacial score (nSPS) is 17.4. The molecule has 0 radical (unpaired) electrons. The predicted molar refractivity (Wildman–Crippen MR) is 109 cm³/mol. The highest BCUT2D eigenvalue weighted by atomic mass is 16.5. The van der Waals surface area contributed by atoms with Gasteiger partial charge in [0.2, 0.25) is 0 Å². The van der Waals surface area contributed by atoms with E-state index >= 15 is 0 Å². The average Bonchev–Trinajstić information content (AvgIpc) is 3.32. The molecule has 1 unspecified atom stereocenters. The number of hydrogen-bond donors (Lipinski definition) is 1. The highest BCUT2D eigenvalue weighted by molar-refractivity contribution is 5.80. The molecule has 146 valence electrons. The Kier molecular flexibility index (Phi) is 6.74. The minimum atomic E-state index is 0.542. The summed E-state index contributed by atoms with van der Waals surface area (Å²) in [5.41, 5.74) is 2.58. The van der Waals surface area contributed by atoms with Gasteiger partial charge in [-0.05, 0) is 43.9 Å². The van der Waals surface area contributed by atoms with Gasteiger partial charge in [-0.1, -0.05) is 17.7 Å². The summed E-state index contributed by atoms with van der Waals surface area (Å²) >= 11 is 0. The molecule has 2 aromatic rings. The molecule has 1 saturated heterocycles. The zero-order valence-corrected chi connectivity index (χ0v) is 16.7. The van der Waals surface area contributed by atoms with Crippen LogP contribution < -0.4 is 10.1 Å². The van der Waals surface area contributed by atoms with Crippen molar-refractivity contribution in [1.82, 2.24) is 20.0 Å².